The first kappa shape index (κ1) is 13.0. The van der Waals surface area contributed by atoms with E-state index in [4.69, 9.17) is 5.73 Å². The van der Waals surface area contributed by atoms with Gasteiger partial charge in [0.2, 0.25) is 0 Å². The Bertz CT molecular complexity index is 131. The lowest BCUT2D eigenvalue weighted by molar-refractivity contribution is 0.249. The highest BCUT2D eigenvalue weighted by Gasteiger charge is 2.22. The lowest BCUT2D eigenvalue weighted by atomic mass is 9.79. The van der Waals surface area contributed by atoms with Gasteiger partial charge in [0.05, 0.1) is 0 Å². The lowest BCUT2D eigenvalue weighted by Gasteiger charge is -2.29. The highest BCUT2D eigenvalue weighted by atomic mass is 14.7. The minimum atomic E-state index is -0.0101. The smallest absolute Gasteiger partial charge is 0.00997 e. The third kappa shape index (κ3) is 7.06. The van der Waals surface area contributed by atoms with Crippen LogP contribution in [0.2, 0.25) is 0 Å². The van der Waals surface area contributed by atoms with E-state index in [9.17, 15) is 0 Å². The van der Waals surface area contributed by atoms with Crippen LogP contribution in [0.5, 0.6) is 0 Å². The Kier molecular flexibility index (Phi) is 4.98. The molecule has 2 N–H and O–H groups in total. The van der Waals surface area contributed by atoms with Crippen molar-refractivity contribution in [3.63, 3.8) is 0 Å². The SMILES string of the molecule is CC(C)CC(CC(C)(C)N)C(C)C. The second kappa shape index (κ2) is 4.99. The van der Waals surface area contributed by atoms with Gasteiger partial charge in [-0.15, -0.1) is 0 Å². The molecule has 1 unspecified atom stereocenters. The molecule has 0 aromatic rings. The molecule has 0 amide bonds. The molecule has 0 heterocycles. The van der Waals surface area contributed by atoms with Gasteiger partial charge in [0.25, 0.3) is 0 Å². The molecule has 0 aliphatic carbocycles. The molecule has 0 saturated carbocycles. The molecule has 0 aromatic carbocycles. The molecule has 0 radical (unpaired) electrons. The molecule has 80 valence electrons. The van der Waals surface area contributed by atoms with Crippen molar-refractivity contribution in [1.29, 1.82) is 0 Å². The van der Waals surface area contributed by atoms with Gasteiger partial charge in [-0.2, -0.15) is 0 Å². The standard InChI is InChI=1S/C12H27N/c1-9(2)7-11(10(3)4)8-12(5,6)13/h9-11H,7-8,13H2,1-6H3. The first-order valence-electron chi connectivity index (χ1n) is 5.51. The Labute approximate surface area is 84.1 Å². The van der Waals surface area contributed by atoms with Crippen molar-refractivity contribution < 1.29 is 0 Å². The van der Waals surface area contributed by atoms with Crippen molar-refractivity contribution in [2.75, 3.05) is 0 Å². The lowest BCUT2D eigenvalue weighted by Crippen LogP contribution is -2.36. The quantitative estimate of drug-likeness (QED) is 0.697. The Morgan fingerprint density at radius 2 is 1.54 bits per heavy atom. The van der Waals surface area contributed by atoms with Crippen LogP contribution in [0.15, 0.2) is 0 Å². The highest BCUT2D eigenvalue weighted by Crippen LogP contribution is 2.27. The zero-order chi connectivity index (χ0) is 10.6. The summed E-state index contributed by atoms with van der Waals surface area (Å²) in [7, 11) is 0. The van der Waals surface area contributed by atoms with Gasteiger partial charge in [-0.1, -0.05) is 27.7 Å². The summed E-state index contributed by atoms with van der Waals surface area (Å²) >= 11 is 0. The summed E-state index contributed by atoms with van der Waals surface area (Å²) in [4.78, 5) is 0. The first-order valence-corrected chi connectivity index (χ1v) is 5.51. The summed E-state index contributed by atoms with van der Waals surface area (Å²) in [6.07, 6.45) is 2.45. The molecule has 1 heteroatoms. The van der Waals surface area contributed by atoms with Crippen molar-refractivity contribution in [2.45, 2.75) is 59.9 Å². The molecule has 13 heavy (non-hydrogen) atoms. The molecule has 0 rings (SSSR count). The van der Waals surface area contributed by atoms with E-state index in [0.29, 0.717) is 0 Å². The summed E-state index contributed by atoms with van der Waals surface area (Å²) in [6, 6.07) is 0. The van der Waals surface area contributed by atoms with E-state index in [-0.39, 0.29) is 5.54 Å². The molecule has 0 fully saturated rings. The second-order valence-electron chi connectivity index (χ2n) is 5.83. The molecule has 0 bridgehead atoms. The molecule has 0 saturated heterocycles. The topological polar surface area (TPSA) is 26.0 Å². The summed E-state index contributed by atoms with van der Waals surface area (Å²) in [5, 5.41) is 0. The number of nitrogens with two attached hydrogens (primary N) is 1. The number of hydrogen-bond donors (Lipinski definition) is 1. The normalized spacial score (nSPS) is 15.5. The largest absolute Gasteiger partial charge is 0.326 e. The summed E-state index contributed by atoms with van der Waals surface area (Å²) in [5.74, 6) is 2.32. The van der Waals surface area contributed by atoms with E-state index in [2.05, 4.69) is 41.5 Å². The fourth-order valence-corrected chi connectivity index (χ4v) is 1.87. The summed E-state index contributed by atoms with van der Waals surface area (Å²) < 4.78 is 0. The van der Waals surface area contributed by atoms with Crippen molar-refractivity contribution in [3.8, 4) is 0 Å². The van der Waals surface area contributed by atoms with E-state index < -0.39 is 0 Å². The van der Waals surface area contributed by atoms with Crippen LogP contribution in [0.1, 0.15) is 54.4 Å². The van der Waals surface area contributed by atoms with Crippen LogP contribution in [0.25, 0.3) is 0 Å². The van der Waals surface area contributed by atoms with Crippen LogP contribution < -0.4 is 5.73 Å². The predicted octanol–water partition coefficient (Wildman–Crippen LogP) is 3.43. The molecule has 0 aliphatic heterocycles. The Balaban J connectivity index is 4.11. The van der Waals surface area contributed by atoms with E-state index in [1.54, 1.807) is 0 Å². The predicted molar refractivity (Wildman–Crippen MR) is 60.7 cm³/mol. The van der Waals surface area contributed by atoms with Gasteiger partial charge in [-0.05, 0) is 44.4 Å². The van der Waals surface area contributed by atoms with E-state index in [0.717, 1.165) is 24.2 Å². The zero-order valence-electron chi connectivity index (χ0n) is 10.2. The van der Waals surface area contributed by atoms with Gasteiger partial charge in [-0.25, -0.2) is 0 Å². The third-order valence-corrected chi connectivity index (χ3v) is 2.51. The molecule has 1 atom stereocenters. The average molecular weight is 185 g/mol. The van der Waals surface area contributed by atoms with Gasteiger partial charge in [0.15, 0.2) is 0 Å². The minimum absolute atomic E-state index is 0.0101. The van der Waals surface area contributed by atoms with Crippen molar-refractivity contribution >= 4 is 0 Å². The van der Waals surface area contributed by atoms with E-state index >= 15 is 0 Å². The maximum atomic E-state index is 6.05. The molecule has 1 nitrogen and oxygen atoms in total. The molecular weight excluding hydrogens is 158 g/mol. The summed E-state index contributed by atoms with van der Waals surface area (Å²) in [5.41, 5.74) is 6.04. The van der Waals surface area contributed by atoms with Gasteiger partial charge in [-0.3, -0.25) is 0 Å². The second-order valence-corrected chi connectivity index (χ2v) is 5.83. The third-order valence-electron chi connectivity index (χ3n) is 2.51. The fraction of sp³-hybridized carbons (Fsp3) is 1.00. The van der Waals surface area contributed by atoms with Crippen LogP contribution >= 0.6 is 0 Å². The van der Waals surface area contributed by atoms with Gasteiger partial charge in [0, 0.05) is 5.54 Å². The van der Waals surface area contributed by atoms with E-state index in [1.807, 2.05) is 0 Å². The average Bonchev–Trinajstić information content (AvgIpc) is 1.81. The Morgan fingerprint density at radius 3 is 1.77 bits per heavy atom. The van der Waals surface area contributed by atoms with Crippen LogP contribution in [0.3, 0.4) is 0 Å². The monoisotopic (exact) mass is 185 g/mol. The first-order chi connectivity index (χ1) is 5.72. The Hall–Kier alpha value is -0.0400. The zero-order valence-corrected chi connectivity index (χ0v) is 10.2. The van der Waals surface area contributed by atoms with Crippen LogP contribution in [-0.2, 0) is 0 Å². The molecular formula is C12H27N. The van der Waals surface area contributed by atoms with Crippen LogP contribution in [0.4, 0.5) is 0 Å². The van der Waals surface area contributed by atoms with Crippen molar-refractivity contribution in [3.05, 3.63) is 0 Å². The number of hydrogen-bond acceptors (Lipinski definition) is 1. The van der Waals surface area contributed by atoms with Gasteiger partial charge < -0.3 is 5.73 Å². The van der Waals surface area contributed by atoms with Crippen molar-refractivity contribution in [2.24, 2.45) is 23.5 Å². The van der Waals surface area contributed by atoms with Crippen LogP contribution in [0, 0.1) is 17.8 Å². The maximum Gasteiger partial charge on any atom is 0.00997 e. The maximum absolute atomic E-state index is 6.05. The van der Waals surface area contributed by atoms with Crippen LogP contribution in [-0.4, -0.2) is 5.54 Å². The highest BCUT2D eigenvalue weighted by molar-refractivity contribution is 4.78. The number of rotatable bonds is 5. The molecule has 0 aliphatic rings. The van der Waals surface area contributed by atoms with Gasteiger partial charge >= 0.3 is 0 Å². The minimum Gasteiger partial charge on any atom is -0.326 e. The Morgan fingerprint density at radius 1 is 1.08 bits per heavy atom. The van der Waals surface area contributed by atoms with E-state index in [1.165, 1.54) is 6.42 Å². The fourth-order valence-electron chi connectivity index (χ4n) is 1.87. The van der Waals surface area contributed by atoms with Crippen molar-refractivity contribution in [1.82, 2.24) is 0 Å². The molecule has 0 aromatic heterocycles. The summed E-state index contributed by atoms with van der Waals surface area (Å²) in [6.45, 7) is 13.4. The molecule has 0 spiro atoms. The van der Waals surface area contributed by atoms with Gasteiger partial charge in [0.1, 0.15) is 0 Å².